The van der Waals surface area contributed by atoms with Gasteiger partial charge in [0, 0.05) is 27.7 Å². The third kappa shape index (κ3) is 5.37. The molecule has 138 valence electrons. The molecule has 0 aliphatic carbocycles. The van der Waals surface area contributed by atoms with E-state index in [0.29, 0.717) is 12.1 Å². The lowest BCUT2D eigenvalue weighted by molar-refractivity contribution is -0.147. The Kier molecular flexibility index (Phi) is 6.19. The number of nitrogens with zero attached hydrogens (tertiary/aromatic N) is 1. The van der Waals surface area contributed by atoms with Gasteiger partial charge in [0.15, 0.2) is 6.61 Å². The molecule has 1 heterocycles. The Bertz CT molecular complexity index is 988. The Morgan fingerprint density at radius 2 is 1.93 bits per heavy atom. The number of hydrogen-bond acceptors (Lipinski definition) is 4. The predicted octanol–water partition coefficient (Wildman–Crippen LogP) is 4.42. The number of anilines is 1. The first-order chi connectivity index (χ1) is 13.0. The molecule has 0 saturated heterocycles. The Morgan fingerprint density at radius 3 is 2.74 bits per heavy atom. The van der Waals surface area contributed by atoms with Gasteiger partial charge in [0.2, 0.25) is 0 Å². The van der Waals surface area contributed by atoms with Gasteiger partial charge >= 0.3 is 5.97 Å². The molecule has 1 amide bonds. The van der Waals surface area contributed by atoms with Crippen molar-refractivity contribution in [2.24, 2.45) is 0 Å². The number of aromatic nitrogens is 1. The van der Waals surface area contributed by atoms with Gasteiger partial charge in [0.05, 0.1) is 11.9 Å². The monoisotopic (exact) mass is 426 g/mol. The number of rotatable bonds is 6. The van der Waals surface area contributed by atoms with Crippen LogP contribution in [0.3, 0.4) is 0 Å². The fourth-order valence-corrected chi connectivity index (χ4v) is 2.86. The van der Waals surface area contributed by atoms with Crippen LogP contribution in [0.5, 0.6) is 0 Å². The number of carbonyl (C=O) groups excluding carboxylic acids is 2. The summed E-state index contributed by atoms with van der Waals surface area (Å²) in [5.74, 6) is -0.791. The summed E-state index contributed by atoms with van der Waals surface area (Å²) in [6, 6.07) is 17.2. The Labute approximate surface area is 165 Å². The van der Waals surface area contributed by atoms with E-state index in [1.165, 1.54) is 0 Å². The number of amides is 1. The summed E-state index contributed by atoms with van der Waals surface area (Å²) in [5, 5.41) is 3.77. The number of hydrogen-bond donors (Lipinski definition) is 1. The minimum absolute atomic E-state index is 0.177. The van der Waals surface area contributed by atoms with Gasteiger partial charge in [-0.15, -0.1) is 0 Å². The van der Waals surface area contributed by atoms with Crippen LogP contribution in [-0.2, 0) is 20.7 Å². The average molecular weight is 427 g/mol. The van der Waals surface area contributed by atoms with Crippen molar-refractivity contribution in [3.63, 3.8) is 0 Å². The lowest BCUT2D eigenvalue weighted by atomic mass is 10.1. The Hall–Kier alpha value is -2.73. The number of esters is 1. The van der Waals surface area contributed by atoms with Crippen LogP contribution in [-0.4, -0.2) is 23.5 Å². The maximum atomic E-state index is 11.9. The molecule has 0 radical (unpaired) electrons. The van der Waals surface area contributed by atoms with E-state index in [-0.39, 0.29) is 18.9 Å². The minimum atomic E-state index is -0.424. The molecule has 0 atom stereocenters. The van der Waals surface area contributed by atoms with Crippen molar-refractivity contribution < 1.29 is 14.3 Å². The van der Waals surface area contributed by atoms with Gasteiger partial charge in [0.25, 0.3) is 5.91 Å². The SMILES string of the molecule is Cc1cc(NC(=O)COC(=O)CCc2ccc3ccccc3n2)ccc1Br. The zero-order valence-corrected chi connectivity index (χ0v) is 16.5. The average Bonchev–Trinajstić information content (AvgIpc) is 2.67. The van der Waals surface area contributed by atoms with E-state index in [0.717, 1.165) is 26.6 Å². The zero-order chi connectivity index (χ0) is 19.2. The topological polar surface area (TPSA) is 68.3 Å². The molecule has 5 nitrogen and oxygen atoms in total. The van der Waals surface area contributed by atoms with Gasteiger partial charge in [-0.25, -0.2) is 0 Å². The van der Waals surface area contributed by atoms with Gasteiger partial charge in [-0.1, -0.05) is 40.2 Å². The molecule has 2 aromatic carbocycles. The summed E-state index contributed by atoms with van der Waals surface area (Å²) < 4.78 is 6.02. The maximum absolute atomic E-state index is 11.9. The van der Waals surface area contributed by atoms with Crippen LogP contribution in [0.25, 0.3) is 10.9 Å². The van der Waals surface area contributed by atoms with Crippen LogP contribution in [0.15, 0.2) is 59.1 Å². The standard InChI is InChI=1S/C21H19BrN2O3/c1-14-12-17(8-10-18(14)22)24-20(25)13-27-21(26)11-9-16-7-6-15-4-2-3-5-19(15)23-16/h2-8,10,12H,9,11,13H2,1H3,(H,24,25). The number of nitrogens with one attached hydrogen (secondary N) is 1. The van der Waals surface area contributed by atoms with Crippen LogP contribution in [0.1, 0.15) is 17.7 Å². The molecular weight excluding hydrogens is 408 g/mol. The second-order valence-corrected chi connectivity index (χ2v) is 7.02. The van der Waals surface area contributed by atoms with Crippen molar-refractivity contribution in [1.82, 2.24) is 4.98 Å². The molecular formula is C21H19BrN2O3. The van der Waals surface area contributed by atoms with E-state index in [9.17, 15) is 9.59 Å². The molecule has 1 aromatic heterocycles. The highest BCUT2D eigenvalue weighted by molar-refractivity contribution is 9.10. The minimum Gasteiger partial charge on any atom is -0.456 e. The van der Waals surface area contributed by atoms with Crippen molar-refractivity contribution in [1.29, 1.82) is 0 Å². The van der Waals surface area contributed by atoms with Crippen molar-refractivity contribution in [2.45, 2.75) is 19.8 Å². The number of benzene rings is 2. The van der Waals surface area contributed by atoms with E-state index < -0.39 is 5.97 Å². The normalized spacial score (nSPS) is 10.6. The van der Waals surface area contributed by atoms with E-state index in [2.05, 4.69) is 26.2 Å². The van der Waals surface area contributed by atoms with Gasteiger partial charge in [0.1, 0.15) is 0 Å². The summed E-state index contributed by atoms with van der Waals surface area (Å²) in [4.78, 5) is 28.3. The molecule has 27 heavy (non-hydrogen) atoms. The molecule has 0 spiro atoms. The Morgan fingerprint density at radius 1 is 1.11 bits per heavy atom. The number of carbonyl (C=O) groups is 2. The molecule has 0 saturated carbocycles. The number of ether oxygens (including phenoxy) is 1. The van der Waals surface area contributed by atoms with Crippen molar-refractivity contribution >= 4 is 44.4 Å². The number of fused-ring (bicyclic) bond motifs is 1. The largest absolute Gasteiger partial charge is 0.456 e. The fraction of sp³-hybridized carbons (Fsp3) is 0.190. The third-order valence-corrected chi connectivity index (χ3v) is 4.94. The van der Waals surface area contributed by atoms with E-state index in [1.807, 2.05) is 55.5 Å². The van der Waals surface area contributed by atoms with Gasteiger partial charge in [-0.05, 0) is 42.8 Å². The molecule has 3 aromatic rings. The first-order valence-electron chi connectivity index (χ1n) is 8.57. The third-order valence-electron chi connectivity index (χ3n) is 4.05. The zero-order valence-electron chi connectivity index (χ0n) is 14.9. The molecule has 0 unspecified atom stereocenters. The summed E-state index contributed by atoms with van der Waals surface area (Å²) in [6.07, 6.45) is 0.646. The number of aryl methyl sites for hydroxylation is 2. The predicted molar refractivity (Wildman–Crippen MR) is 109 cm³/mol. The second kappa shape index (κ2) is 8.77. The van der Waals surface area contributed by atoms with E-state index >= 15 is 0 Å². The van der Waals surface area contributed by atoms with E-state index in [4.69, 9.17) is 4.74 Å². The van der Waals surface area contributed by atoms with Gasteiger partial charge < -0.3 is 10.1 Å². The summed E-state index contributed by atoms with van der Waals surface area (Å²) >= 11 is 3.41. The highest BCUT2D eigenvalue weighted by atomic mass is 79.9. The Balaban J connectivity index is 1.45. The second-order valence-electron chi connectivity index (χ2n) is 6.17. The molecule has 0 aliphatic rings. The number of pyridine rings is 1. The quantitative estimate of drug-likeness (QED) is 0.592. The molecule has 0 aliphatic heterocycles. The van der Waals surface area contributed by atoms with Crippen LogP contribution in [0, 0.1) is 6.92 Å². The lowest BCUT2D eigenvalue weighted by Crippen LogP contribution is -2.21. The van der Waals surface area contributed by atoms with Gasteiger partial charge in [-0.2, -0.15) is 0 Å². The molecule has 6 heteroatoms. The fourth-order valence-electron chi connectivity index (χ4n) is 2.62. The maximum Gasteiger partial charge on any atom is 0.306 e. The molecule has 0 bridgehead atoms. The van der Waals surface area contributed by atoms with Crippen LogP contribution >= 0.6 is 15.9 Å². The van der Waals surface area contributed by atoms with Crippen molar-refractivity contribution in [2.75, 3.05) is 11.9 Å². The first-order valence-corrected chi connectivity index (χ1v) is 9.37. The van der Waals surface area contributed by atoms with E-state index in [1.54, 1.807) is 6.07 Å². The lowest BCUT2D eigenvalue weighted by Gasteiger charge is -2.08. The van der Waals surface area contributed by atoms with Crippen LogP contribution in [0.4, 0.5) is 5.69 Å². The number of halogens is 1. The van der Waals surface area contributed by atoms with Gasteiger partial charge in [-0.3, -0.25) is 14.6 Å². The van der Waals surface area contributed by atoms with Crippen LogP contribution < -0.4 is 5.32 Å². The van der Waals surface area contributed by atoms with Crippen molar-refractivity contribution in [3.05, 3.63) is 70.3 Å². The number of para-hydroxylation sites is 1. The first kappa shape index (κ1) is 19.0. The summed E-state index contributed by atoms with van der Waals surface area (Å²) in [7, 11) is 0. The summed E-state index contributed by atoms with van der Waals surface area (Å²) in [5.41, 5.74) is 3.39. The highest BCUT2D eigenvalue weighted by Gasteiger charge is 2.09. The highest BCUT2D eigenvalue weighted by Crippen LogP contribution is 2.20. The summed E-state index contributed by atoms with van der Waals surface area (Å²) in [6.45, 7) is 1.62. The smallest absolute Gasteiger partial charge is 0.306 e. The van der Waals surface area contributed by atoms with Crippen molar-refractivity contribution in [3.8, 4) is 0 Å². The molecule has 1 N–H and O–H groups in total. The molecule has 3 rings (SSSR count). The molecule has 0 fully saturated rings. The van der Waals surface area contributed by atoms with Crippen LogP contribution in [0.2, 0.25) is 0 Å².